The van der Waals surface area contributed by atoms with Crippen LogP contribution < -0.4 is 14.8 Å². The molecule has 0 amide bonds. The number of ether oxygens (including phenoxy) is 2. The summed E-state index contributed by atoms with van der Waals surface area (Å²) in [6.07, 6.45) is 0. The van der Waals surface area contributed by atoms with E-state index in [4.69, 9.17) is 31.3 Å². The molecule has 0 aliphatic rings. The van der Waals surface area contributed by atoms with E-state index in [1.807, 2.05) is 0 Å². The Labute approximate surface area is 115 Å². The van der Waals surface area contributed by atoms with Crippen LogP contribution in [0.3, 0.4) is 0 Å². The maximum Gasteiger partial charge on any atom is 0.341 e. The van der Waals surface area contributed by atoms with Crippen LogP contribution in [0.2, 0.25) is 5.02 Å². The number of aliphatic hydroxyl groups is 1. The molecule has 1 rings (SSSR count). The van der Waals surface area contributed by atoms with Crippen molar-refractivity contribution in [1.29, 1.82) is 0 Å². The van der Waals surface area contributed by atoms with Gasteiger partial charge in [-0.2, -0.15) is 0 Å². The van der Waals surface area contributed by atoms with E-state index in [2.05, 4.69) is 5.32 Å². The van der Waals surface area contributed by atoms with E-state index in [0.29, 0.717) is 18.8 Å². The van der Waals surface area contributed by atoms with Gasteiger partial charge in [0.2, 0.25) is 0 Å². The van der Waals surface area contributed by atoms with Gasteiger partial charge in [-0.05, 0) is 17.7 Å². The molecule has 106 valence electrons. The number of hydrogen-bond donors (Lipinski definition) is 3. The number of aliphatic hydroxyl groups excluding tert-OH is 1. The van der Waals surface area contributed by atoms with Gasteiger partial charge in [0, 0.05) is 13.1 Å². The fourth-order valence-electron chi connectivity index (χ4n) is 1.46. The molecule has 0 bridgehead atoms. The summed E-state index contributed by atoms with van der Waals surface area (Å²) in [6.45, 7) is 0.538. The lowest BCUT2D eigenvalue weighted by Gasteiger charge is -2.13. The van der Waals surface area contributed by atoms with Crippen molar-refractivity contribution in [2.75, 3.05) is 26.9 Å². The van der Waals surface area contributed by atoms with Crippen molar-refractivity contribution in [2.45, 2.75) is 6.54 Å². The number of carboxylic acids is 1. The van der Waals surface area contributed by atoms with Crippen LogP contribution in [0.25, 0.3) is 0 Å². The molecule has 0 spiro atoms. The molecule has 0 saturated carbocycles. The molecule has 1 aromatic carbocycles. The van der Waals surface area contributed by atoms with E-state index in [9.17, 15) is 4.79 Å². The number of rotatable bonds is 8. The topological polar surface area (TPSA) is 88.0 Å². The minimum Gasteiger partial charge on any atom is -0.493 e. The molecular formula is C12H16ClNO5. The average molecular weight is 290 g/mol. The van der Waals surface area contributed by atoms with Gasteiger partial charge in [-0.1, -0.05) is 11.6 Å². The maximum absolute atomic E-state index is 10.5. The third-order valence-electron chi connectivity index (χ3n) is 2.25. The Bertz CT molecular complexity index is 438. The summed E-state index contributed by atoms with van der Waals surface area (Å²) < 4.78 is 10.2. The van der Waals surface area contributed by atoms with Gasteiger partial charge < -0.3 is 25.0 Å². The second-order valence-electron chi connectivity index (χ2n) is 3.69. The van der Waals surface area contributed by atoms with E-state index >= 15 is 0 Å². The molecule has 6 nitrogen and oxygen atoms in total. The van der Waals surface area contributed by atoms with Gasteiger partial charge in [-0.25, -0.2) is 4.79 Å². The molecule has 0 aromatic heterocycles. The fourth-order valence-corrected chi connectivity index (χ4v) is 1.75. The Kier molecular flexibility index (Phi) is 6.41. The summed E-state index contributed by atoms with van der Waals surface area (Å²) in [7, 11) is 1.45. The summed E-state index contributed by atoms with van der Waals surface area (Å²) >= 11 is 6.03. The van der Waals surface area contributed by atoms with Crippen molar-refractivity contribution in [1.82, 2.24) is 5.32 Å². The second kappa shape index (κ2) is 7.83. The van der Waals surface area contributed by atoms with Crippen molar-refractivity contribution in [3.8, 4) is 11.5 Å². The lowest BCUT2D eigenvalue weighted by Crippen LogP contribution is -2.17. The molecule has 0 aliphatic carbocycles. The third kappa shape index (κ3) is 4.94. The van der Waals surface area contributed by atoms with Crippen molar-refractivity contribution in [2.24, 2.45) is 0 Å². The van der Waals surface area contributed by atoms with E-state index in [-0.39, 0.29) is 17.4 Å². The number of benzene rings is 1. The fraction of sp³-hybridized carbons (Fsp3) is 0.417. The molecule has 0 unspecified atom stereocenters. The molecule has 0 aliphatic heterocycles. The molecule has 0 heterocycles. The van der Waals surface area contributed by atoms with Crippen molar-refractivity contribution in [3.05, 3.63) is 22.7 Å². The zero-order valence-corrected chi connectivity index (χ0v) is 11.2. The van der Waals surface area contributed by atoms with E-state index < -0.39 is 12.6 Å². The van der Waals surface area contributed by atoms with Crippen molar-refractivity contribution < 1.29 is 24.5 Å². The molecular weight excluding hydrogens is 274 g/mol. The van der Waals surface area contributed by atoms with Crippen LogP contribution in [0, 0.1) is 0 Å². The van der Waals surface area contributed by atoms with Gasteiger partial charge in [0.1, 0.15) is 0 Å². The molecule has 19 heavy (non-hydrogen) atoms. The number of nitrogens with one attached hydrogen (secondary N) is 1. The number of halogens is 1. The highest BCUT2D eigenvalue weighted by Crippen LogP contribution is 2.36. The van der Waals surface area contributed by atoms with Crippen LogP contribution in [0.4, 0.5) is 0 Å². The zero-order chi connectivity index (χ0) is 14.3. The average Bonchev–Trinajstić information content (AvgIpc) is 2.37. The zero-order valence-electron chi connectivity index (χ0n) is 10.5. The van der Waals surface area contributed by atoms with Gasteiger partial charge >= 0.3 is 5.97 Å². The number of carbonyl (C=O) groups is 1. The summed E-state index contributed by atoms with van der Waals surface area (Å²) in [4.78, 5) is 10.5. The molecule has 0 radical (unpaired) electrons. The number of hydrogen-bond acceptors (Lipinski definition) is 5. The van der Waals surface area contributed by atoms with Gasteiger partial charge in [0.05, 0.1) is 18.7 Å². The summed E-state index contributed by atoms with van der Waals surface area (Å²) in [5.74, 6) is -0.515. The third-order valence-corrected chi connectivity index (χ3v) is 2.53. The Hall–Kier alpha value is -1.50. The highest BCUT2D eigenvalue weighted by molar-refractivity contribution is 6.32. The molecule has 3 N–H and O–H groups in total. The van der Waals surface area contributed by atoms with Gasteiger partial charge in [-0.15, -0.1) is 0 Å². The normalized spacial score (nSPS) is 10.3. The molecule has 0 fully saturated rings. The van der Waals surface area contributed by atoms with E-state index in [1.54, 1.807) is 12.1 Å². The first-order chi connectivity index (χ1) is 9.08. The first kappa shape index (κ1) is 15.6. The standard InChI is InChI=1S/C12H16ClNO5/c1-18-10-5-8(6-14-2-3-15)4-9(13)12(10)19-7-11(16)17/h4-5,14-15H,2-3,6-7H2,1H3,(H,16,17). The van der Waals surface area contributed by atoms with Crippen LogP contribution in [-0.4, -0.2) is 43.1 Å². The Morgan fingerprint density at radius 1 is 1.47 bits per heavy atom. The largest absolute Gasteiger partial charge is 0.493 e. The highest BCUT2D eigenvalue weighted by atomic mass is 35.5. The lowest BCUT2D eigenvalue weighted by atomic mass is 10.2. The van der Waals surface area contributed by atoms with Crippen LogP contribution in [0.5, 0.6) is 11.5 Å². The van der Waals surface area contributed by atoms with Crippen LogP contribution in [0.15, 0.2) is 12.1 Å². The summed E-state index contributed by atoms with van der Waals surface area (Å²) in [5, 5.41) is 20.5. The predicted molar refractivity (Wildman–Crippen MR) is 69.9 cm³/mol. The van der Waals surface area contributed by atoms with Crippen molar-refractivity contribution in [3.63, 3.8) is 0 Å². The number of methoxy groups -OCH3 is 1. The quantitative estimate of drug-likeness (QED) is 0.616. The van der Waals surface area contributed by atoms with Crippen LogP contribution >= 0.6 is 11.6 Å². The van der Waals surface area contributed by atoms with E-state index in [0.717, 1.165) is 5.56 Å². The Morgan fingerprint density at radius 3 is 2.79 bits per heavy atom. The van der Waals surface area contributed by atoms with Gasteiger partial charge in [-0.3, -0.25) is 0 Å². The lowest BCUT2D eigenvalue weighted by molar-refractivity contribution is -0.139. The molecule has 7 heteroatoms. The number of aliphatic carboxylic acids is 1. The smallest absolute Gasteiger partial charge is 0.341 e. The molecule has 0 atom stereocenters. The Balaban J connectivity index is 2.84. The minimum atomic E-state index is -1.09. The second-order valence-corrected chi connectivity index (χ2v) is 4.10. The van der Waals surface area contributed by atoms with Gasteiger partial charge in [0.15, 0.2) is 18.1 Å². The molecule has 0 saturated heterocycles. The monoisotopic (exact) mass is 289 g/mol. The minimum absolute atomic E-state index is 0.0463. The first-order valence-corrected chi connectivity index (χ1v) is 5.98. The van der Waals surface area contributed by atoms with Crippen LogP contribution in [-0.2, 0) is 11.3 Å². The SMILES string of the molecule is COc1cc(CNCCO)cc(Cl)c1OCC(=O)O. The van der Waals surface area contributed by atoms with E-state index in [1.165, 1.54) is 7.11 Å². The van der Waals surface area contributed by atoms with Crippen LogP contribution in [0.1, 0.15) is 5.56 Å². The summed E-state index contributed by atoms with van der Waals surface area (Å²) in [5.41, 5.74) is 0.845. The Morgan fingerprint density at radius 2 is 2.21 bits per heavy atom. The maximum atomic E-state index is 10.5. The molecule has 1 aromatic rings. The van der Waals surface area contributed by atoms with Crippen molar-refractivity contribution >= 4 is 17.6 Å². The number of carboxylic acid groups (broad SMARTS) is 1. The highest BCUT2D eigenvalue weighted by Gasteiger charge is 2.13. The first-order valence-electron chi connectivity index (χ1n) is 5.61. The summed E-state index contributed by atoms with van der Waals surface area (Å²) in [6, 6.07) is 3.36. The predicted octanol–water partition coefficient (Wildman–Crippen LogP) is 0.894. The van der Waals surface area contributed by atoms with Gasteiger partial charge in [0.25, 0.3) is 0 Å².